The van der Waals surface area contributed by atoms with Gasteiger partial charge < -0.3 is 0 Å². The van der Waals surface area contributed by atoms with Crippen LogP contribution in [0.2, 0.25) is 0 Å². The van der Waals surface area contributed by atoms with Crippen molar-refractivity contribution in [3.8, 4) is 0 Å². The third-order valence-electron chi connectivity index (χ3n) is 2.25. The summed E-state index contributed by atoms with van der Waals surface area (Å²) in [7, 11) is 0. The smallest absolute Gasteiger partial charge is 0.0889 e. The zero-order valence-corrected chi connectivity index (χ0v) is 8.51. The molecule has 0 saturated heterocycles. The summed E-state index contributed by atoms with van der Waals surface area (Å²) in [6, 6.07) is 6.17. The molecule has 0 N–H and O–H groups in total. The van der Waals surface area contributed by atoms with Crippen LogP contribution in [0, 0.1) is 6.92 Å². The highest BCUT2D eigenvalue weighted by atomic mass is 32.1. The molecule has 0 radical (unpaired) electrons. The van der Waals surface area contributed by atoms with Crippen molar-refractivity contribution < 1.29 is 0 Å². The number of hydrogen-bond donors (Lipinski definition) is 0. The van der Waals surface area contributed by atoms with E-state index in [2.05, 4.69) is 22.1 Å². The van der Waals surface area contributed by atoms with E-state index in [1.54, 1.807) is 11.3 Å². The first-order valence-corrected chi connectivity index (χ1v) is 5.26. The van der Waals surface area contributed by atoms with Gasteiger partial charge in [0, 0.05) is 23.5 Å². The van der Waals surface area contributed by atoms with Crippen LogP contribution in [-0.2, 0) is 0 Å². The van der Waals surface area contributed by atoms with Gasteiger partial charge in [-0.2, -0.15) is 0 Å². The molecule has 3 rings (SSSR count). The van der Waals surface area contributed by atoms with Crippen LogP contribution in [0.15, 0.2) is 30.6 Å². The van der Waals surface area contributed by atoms with Gasteiger partial charge in [-0.1, -0.05) is 0 Å². The van der Waals surface area contributed by atoms with Gasteiger partial charge in [0.05, 0.1) is 14.9 Å². The summed E-state index contributed by atoms with van der Waals surface area (Å²) in [4.78, 5) is 8.68. The predicted molar refractivity (Wildman–Crippen MR) is 59.7 cm³/mol. The Morgan fingerprint density at radius 1 is 1.21 bits per heavy atom. The Balaban J connectivity index is 2.58. The van der Waals surface area contributed by atoms with Crippen LogP contribution in [0.4, 0.5) is 0 Å². The van der Waals surface area contributed by atoms with E-state index >= 15 is 0 Å². The monoisotopic (exact) mass is 200 g/mol. The number of aryl methyl sites for hydroxylation is 1. The van der Waals surface area contributed by atoms with Crippen LogP contribution in [0.3, 0.4) is 0 Å². The lowest BCUT2D eigenvalue weighted by Crippen LogP contribution is -1.78. The first-order chi connectivity index (χ1) is 6.84. The Bertz CT molecular complexity index is 613. The molecule has 0 saturated carbocycles. The molecule has 0 spiro atoms. The average molecular weight is 200 g/mol. The van der Waals surface area contributed by atoms with E-state index < -0.39 is 0 Å². The predicted octanol–water partition coefficient (Wildman–Crippen LogP) is 3.15. The maximum Gasteiger partial charge on any atom is 0.0889 e. The van der Waals surface area contributed by atoms with Crippen LogP contribution < -0.4 is 0 Å². The van der Waals surface area contributed by atoms with Gasteiger partial charge in [-0.25, -0.2) is 0 Å². The van der Waals surface area contributed by atoms with E-state index in [1.807, 2.05) is 25.4 Å². The van der Waals surface area contributed by atoms with Gasteiger partial charge in [-0.15, -0.1) is 11.3 Å². The van der Waals surface area contributed by atoms with Crippen molar-refractivity contribution in [2.75, 3.05) is 0 Å². The minimum Gasteiger partial charge on any atom is -0.260 e. The second kappa shape index (κ2) is 2.75. The standard InChI is InChI=1S/C11H8N2S/c1-7-5-8-10(6-13-7)14-9-3-2-4-12-11(8)9/h2-6H,1H3. The van der Waals surface area contributed by atoms with E-state index in [1.165, 1.54) is 14.8 Å². The Hall–Kier alpha value is -1.48. The Morgan fingerprint density at radius 3 is 3.07 bits per heavy atom. The van der Waals surface area contributed by atoms with Crippen molar-refractivity contribution in [1.82, 2.24) is 9.97 Å². The fraction of sp³-hybridized carbons (Fsp3) is 0.0909. The average Bonchev–Trinajstić information content (AvgIpc) is 2.56. The summed E-state index contributed by atoms with van der Waals surface area (Å²) >= 11 is 1.75. The first-order valence-electron chi connectivity index (χ1n) is 4.44. The molecule has 0 aliphatic rings. The molecular formula is C11H8N2S. The molecule has 3 heterocycles. The number of fused-ring (bicyclic) bond motifs is 3. The molecule has 0 amide bonds. The zero-order valence-electron chi connectivity index (χ0n) is 7.69. The van der Waals surface area contributed by atoms with E-state index in [4.69, 9.17) is 0 Å². The maximum atomic E-state index is 4.39. The molecular weight excluding hydrogens is 192 g/mol. The van der Waals surface area contributed by atoms with Crippen molar-refractivity contribution in [2.24, 2.45) is 0 Å². The lowest BCUT2D eigenvalue weighted by Gasteiger charge is -1.91. The lowest BCUT2D eigenvalue weighted by atomic mass is 10.2. The normalized spacial score (nSPS) is 11.2. The van der Waals surface area contributed by atoms with Gasteiger partial charge in [0.15, 0.2) is 0 Å². The number of aromatic nitrogens is 2. The van der Waals surface area contributed by atoms with Crippen molar-refractivity contribution in [1.29, 1.82) is 0 Å². The fourth-order valence-corrected chi connectivity index (χ4v) is 2.62. The summed E-state index contributed by atoms with van der Waals surface area (Å²) in [5.41, 5.74) is 2.14. The molecule has 3 heteroatoms. The van der Waals surface area contributed by atoms with Gasteiger partial charge in [-0.05, 0) is 25.1 Å². The topological polar surface area (TPSA) is 25.8 Å². The first kappa shape index (κ1) is 7.88. The molecule has 0 fully saturated rings. The van der Waals surface area contributed by atoms with Gasteiger partial charge >= 0.3 is 0 Å². The number of pyridine rings is 2. The van der Waals surface area contributed by atoms with Crippen molar-refractivity contribution in [3.63, 3.8) is 0 Å². The van der Waals surface area contributed by atoms with E-state index in [9.17, 15) is 0 Å². The highest BCUT2D eigenvalue weighted by Gasteiger charge is 2.05. The molecule has 2 nitrogen and oxygen atoms in total. The Kier molecular flexibility index (Phi) is 1.55. The number of thiophene rings is 1. The summed E-state index contributed by atoms with van der Waals surface area (Å²) in [5.74, 6) is 0. The molecule has 3 aromatic heterocycles. The van der Waals surface area contributed by atoms with Gasteiger partial charge in [0.2, 0.25) is 0 Å². The second-order valence-corrected chi connectivity index (χ2v) is 4.36. The lowest BCUT2D eigenvalue weighted by molar-refractivity contribution is 1.23. The second-order valence-electron chi connectivity index (χ2n) is 3.27. The van der Waals surface area contributed by atoms with Crippen LogP contribution in [-0.4, -0.2) is 9.97 Å². The molecule has 68 valence electrons. The van der Waals surface area contributed by atoms with E-state index in [0.717, 1.165) is 11.2 Å². The third kappa shape index (κ3) is 1.02. The zero-order chi connectivity index (χ0) is 9.54. The van der Waals surface area contributed by atoms with Crippen molar-refractivity contribution in [3.05, 3.63) is 36.3 Å². The summed E-state index contributed by atoms with van der Waals surface area (Å²) < 4.78 is 2.44. The maximum absolute atomic E-state index is 4.39. The highest BCUT2D eigenvalue weighted by molar-refractivity contribution is 7.25. The van der Waals surface area contributed by atoms with E-state index in [0.29, 0.717) is 0 Å². The fourth-order valence-electron chi connectivity index (χ4n) is 1.61. The van der Waals surface area contributed by atoms with Crippen LogP contribution in [0.1, 0.15) is 5.69 Å². The van der Waals surface area contributed by atoms with Gasteiger partial charge in [0.25, 0.3) is 0 Å². The van der Waals surface area contributed by atoms with Crippen LogP contribution >= 0.6 is 11.3 Å². The Labute approximate surface area is 85.2 Å². The summed E-state index contributed by atoms with van der Waals surface area (Å²) in [6.45, 7) is 2.01. The number of rotatable bonds is 0. The molecule has 14 heavy (non-hydrogen) atoms. The molecule has 0 bridgehead atoms. The Morgan fingerprint density at radius 2 is 2.14 bits per heavy atom. The van der Waals surface area contributed by atoms with E-state index in [-0.39, 0.29) is 0 Å². The summed E-state index contributed by atoms with van der Waals surface area (Å²) in [5, 5.41) is 1.22. The molecule has 3 aromatic rings. The molecule has 0 aliphatic heterocycles. The van der Waals surface area contributed by atoms with Gasteiger partial charge in [0.1, 0.15) is 0 Å². The quantitative estimate of drug-likeness (QED) is 0.557. The third-order valence-corrected chi connectivity index (χ3v) is 3.34. The van der Waals surface area contributed by atoms with Gasteiger partial charge in [-0.3, -0.25) is 9.97 Å². The molecule has 0 aromatic carbocycles. The summed E-state index contributed by atoms with van der Waals surface area (Å²) in [6.07, 6.45) is 3.77. The largest absolute Gasteiger partial charge is 0.260 e. The van der Waals surface area contributed by atoms with Crippen LogP contribution in [0.25, 0.3) is 20.3 Å². The number of nitrogens with zero attached hydrogens (tertiary/aromatic N) is 2. The van der Waals surface area contributed by atoms with Crippen molar-refractivity contribution >= 4 is 31.6 Å². The minimum absolute atomic E-state index is 1.04. The number of hydrogen-bond acceptors (Lipinski definition) is 3. The minimum atomic E-state index is 1.04. The molecule has 0 aliphatic carbocycles. The van der Waals surface area contributed by atoms with Crippen LogP contribution in [0.5, 0.6) is 0 Å². The SMILES string of the molecule is Cc1cc2c(cn1)sc1cccnc12. The molecule has 0 atom stereocenters. The highest BCUT2D eigenvalue weighted by Crippen LogP contribution is 2.31. The molecule has 0 unspecified atom stereocenters. The van der Waals surface area contributed by atoms with Crippen molar-refractivity contribution in [2.45, 2.75) is 6.92 Å².